The lowest BCUT2D eigenvalue weighted by Crippen LogP contribution is -2.26. The molecule has 1 atom stereocenters. The molecule has 0 saturated carbocycles. The SMILES string of the molecule is CCOC(=O)C(C)Oc1ccccc1Cl. The van der Waals surface area contributed by atoms with Gasteiger partial charge in [0.1, 0.15) is 5.75 Å². The van der Waals surface area contributed by atoms with Crippen LogP contribution in [0.25, 0.3) is 0 Å². The molecule has 0 aliphatic carbocycles. The van der Waals surface area contributed by atoms with Crippen LogP contribution in [0.4, 0.5) is 0 Å². The number of benzene rings is 1. The minimum Gasteiger partial charge on any atom is -0.477 e. The topological polar surface area (TPSA) is 35.5 Å². The first kappa shape index (κ1) is 11.9. The molecule has 0 aromatic heterocycles. The zero-order valence-corrected chi connectivity index (χ0v) is 9.45. The van der Waals surface area contributed by atoms with Gasteiger partial charge in [-0.25, -0.2) is 4.79 Å². The van der Waals surface area contributed by atoms with Crippen LogP contribution in [0.5, 0.6) is 5.75 Å². The number of rotatable bonds is 4. The Hall–Kier alpha value is -1.22. The van der Waals surface area contributed by atoms with Crippen molar-refractivity contribution in [1.82, 2.24) is 0 Å². The average molecular weight is 229 g/mol. The van der Waals surface area contributed by atoms with Crippen molar-refractivity contribution in [3.63, 3.8) is 0 Å². The molecule has 4 heteroatoms. The number of carbonyl (C=O) groups excluding carboxylic acids is 1. The van der Waals surface area contributed by atoms with Crippen molar-refractivity contribution >= 4 is 17.6 Å². The van der Waals surface area contributed by atoms with Gasteiger partial charge in [0.25, 0.3) is 0 Å². The van der Waals surface area contributed by atoms with Crippen LogP contribution in [0.2, 0.25) is 5.02 Å². The van der Waals surface area contributed by atoms with Gasteiger partial charge in [-0.15, -0.1) is 0 Å². The molecular weight excluding hydrogens is 216 g/mol. The first-order valence-electron chi connectivity index (χ1n) is 4.73. The van der Waals surface area contributed by atoms with Gasteiger partial charge in [-0.3, -0.25) is 0 Å². The van der Waals surface area contributed by atoms with Crippen LogP contribution in [0.3, 0.4) is 0 Å². The Labute approximate surface area is 93.9 Å². The van der Waals surface area contributed by atoms with Gasteiger partial charge in [-0.2, -0.15) is 0 Å². The molecule has 0 heterocycles. The zero-order chi connectivity index (χ0) is 11.3. The van der Waals surface area contributed by atoms with Crippen molar-refractivity contribution in [2.24, 2.45) is 0 Å². The largest absolute Gasteiger partial charge is 0.477 e. The standard InChI is InChI=1S/C11H13ClO3/c1-3-14-11(13)8(2)15-10-7-5-4-6-9(10)12/h4-8H,3H2,1-2H3. The van der Waals surface area contributed by atoms with Gasteiger partial charge >= 0.3 is 5.97 Å². The molecule has 82 valence electrons. The van der Waals surface area contributed by atoms with E-state index in [4.69, 9.17) is 21.1 Å². The molecule has 0 saturated heterocycles. The molecular formula is C11H13ClO3. The fourth-order valence-corrected chi connectivity index (χ4v) is 1.22. The van der Waals surface area contributed by atoms with E-state index >= 15 is 0 Å². The smallest absolute Gasteiger partial charge is 0.347 e. The first-order chi connectivity index (χ1) is 7.15. The molecule has 0 aliphatic heterocycles. The molecule has 0 fully saturated rings. The normalized spacial score (nSPS) is 11.9. The second-order valence-corrected chi connectivity index (χ2v) is 3.35. The number of carbonyl (C=O) groups is 1. The summed E-state index contributed by atoms with van der Waals surface area (Å²) in [5.41, 5.74) is 0. The van der Waals surface area contributed by atoms with Crippen LogP contribution in [0, 0.1) is 0 Å². The van der Waals surface area contributed by atoms with Gasteiger partial charge in [0.05, 0.1) is 11.6 Å². The third-order valence-corrected chi connectivity index (χ3v) is 2.07. The van der Waals surface area contributed by atoms with Crippen LogP contribution in [0.15, 0.2) is 24.3 Å². The summed E-state index contributed by atoms with van der Waals surface area (Å²) in [7, 11) is 0. The second kappa shape index (κ2) is 5.61. The molecule has 0 amide bonds. The van der Waals surface area contributed by atoms with E-state index in [2.05, 4.69) is 0 Å². The predicted octanol–water partition coefficient (Wildman–Crippen LogP) is 2.67. The lowest BCUT2D eigenvalue weighted by Gasteiger charge is -2.13. The summed E-state index contributed by atoms with van der Waals surface area (Å²) in [6.45, 7) is 3.72. The highest BCUT2D eigenvalue weighted by atomic mass is 35.5. The number of halogens is 1. The summed E-state index contributed by atoms with van der Waals surface area (Å²) in [4.78, 5) is 11.3. The Kier molecular flexibility index (Phi) is 4.43. The highest BCUT2D eigenvalue weighted by Crippen LogP contribution is 2.24. The molecule has 0 bridgehead atoms. The number of hydrogen-bond donors (Lipinski definition) is 0. The van der Waals surface area contributed by atoms with Crippen LogP contribution in [0.1, 0.15) is 13.8 Å². The Morgan fingerprint density at radius 1 is 1.47 bits per heavy atom. The van der Waals surface area contributed by atoms with E-state index in [0.29, 0.717) is 17.4 Å². The molecule has 1 unspecified atom stereocenters. The summed E-state index contributed by atoms with van der Waals surface area (Å²) in [6, 6.07) is 7.00. The lowest BCUT2D eigenvalue weighted by molar-refractivity contribution is -0.150. The van der Waals surface area contributed by atoms with Crippen molar-refractivity contribution < 1.29 is 14.3 Å². The molecule has 0 aliphatic rings. The van der Waals surface area contributed by atoms with Crippen molar-refractivity contribution in [3.8, 4) is 5.75 Å². The van der Waals surface area contributed by atoms with Crippen LogP contribution >= 0.6 is 11.6 Å². The van der Waals surface area contributed by atoms with Crippen molar-refractivity contribution in [2.45, 2.75) is 20.0 Å². The first-order valence-corrected chi connectivity index (χ1v) is 5.10. The van der Waals surface area contributed by atoms with E-state index < -0.39 is 12.1 Å². The average Bonchev–Trinajstić information content (AvgIpc) is 2.21. The van der Waals surface area contributed by atoms with Crippen LogP contribution in [-0.4, -0.2) is 18.7 Å². The minimum atomic E-state index is -0.648. The van der Waals surface area contributed by atoms with Gasteiger partial charge in [0.2, 0.25) is 0 Å². The Balaban J connectivity index is 2.62. The molecule has 0 radical (unpaired) electrons. The highest BCUT2D eigenvalue weighted by Gasteiger charge is 2.16. The molecule has 0 spiro atoms. The molecule has 15 heavy (non-hydrogen) atoms. The number of hydrogen-bond acceptors (Lipinski definition) is 3. The van der Waals surface area contributed by atoms with Crippen LogP contribution < -0.4 is 4.74 Å². The summed E-state index contributed by atoms with van der Waals surface area (Å²) >= 11 is 5.87. The molecule has 1 aromatic carbocycles. The number of esters is 1. The molecule has 1 aromatic rings. The lowest BCUT2D eigenvalue weighted by atomic mass is 10.3. The van der Waals surface area contributed by atoms with Gasteiger partial charge < -0.3 is 9.47 Å². The van der Waals surface area contributed by atoms with Crippen molar-refractivity contribution in [2.75, 3.05) is 6.61 Å². The molecule has 3 nitrogen and oxygen atoms in total. The second-order valence-electron chi connectivity index (χ2n) is 2.94. The maximum absolute atomic E-state index is 11.3. The summed E-state index contributed by atoms with van der Waals surface area (Å²) in [5, 5.41) is 0.480. The molecule has 1 rings (SSSR count). The molecule has 0 N–H and O–H groups in total. The monoisotopic (exact) mass is 228 g/mol. The van der Waals surface area contributed by atoms with Gasteiger partial charge in [-0.1, -0.05) is 23.7 Å². The third-order valence-electron chi connectivity index (χ3n) is 1.76. The third kappa shape index (κ3) is 3.44. The Morgan fingerprint density at radius 2 is 2.13 bits per heavy atom. The van der Waals surface area contributed by atoms with Crippen LogP contribution in [-0.2, 0) is 9.53 Å². The van der Waals surface area contributed by atoms with Gasteiger partial charge in [-0.05, 0) is 26.0 Å². The maximum Gasteiger partial charge on any atom is 0.347 e. The number of ether oxygens (including phenoxy) is 2. The van der Waals surface area contributed by atoms with E-state index in [0.717, 1.165) is 0 Å². The Morgan fingerprint density at radius 3 is 2.73 bits per heavy atom. The fourth-order valence-electron chi connectivity index (χ4n) is 1.04. The fraction of sp³-hybridized carbons (Fsp3) is 0.364. The van der Waals surface area contributed by atoms with Gasteiger partial charge in [0, 0.05) is 0 Å². The Bertz CT molecular complexity index is 338. The quantitative estimate of drug-likeness (QED) is 0.744. The van der Waals surface area contributed by atoms with E-state index in [1.807, 2.05) is 0 Å². The maximum atomic E-state index is 11.3. The van der Waals surface area contributed by atoms with Crippen molar-refractivity contribution in [1.29, 1.82) is 0 Å². The summed E-state index contributed by atoms with van der Waals surface area (Å²) in [5.74, 6) is 0.0946. The summed E-state index contributed by atoms with van der Waals surface area (Å²) < 4.78 is 10.2. The minimum absolute atomic E-state index is 0.342. The predicted molar refractivity (Wildman–Crippen MR) is 58.2 cm³/mol. The zero-order valence-electron chi connectivity index (χ0n) is 8.70. The van der Waals surface area contributed by atoms with Gasteiger partial charge in [0.15, 0.2) is 6.10 Å². The highest BCUT2D eigenvalue weighted by molar-refractivity contribution is 6.32. The number of para-hydroxylation sites is 1. The summed E-state index contributed by atoms with van der Waals surface area (Å²) in [6.07, 6.45) is -0.648. The van der Waals surface area contributed by atoms with E-state index in [1.54, 1.807) is 38.1 Å². The van der Waals surface area contributed by atoms with E-state index in [9.17, 15) is 4.79 Å². The van der Waals surface area contributed by atoms with E-state index in [-0.39, 0.29) is 0 Å². The van der Waals surface area contributed by atoms with E-state index in [1.165, 1.54) is 0 Å². The van der Waals surface area contributed by atoms with Crippen molar-refractivity contribution in [3.05, 3.63) is 29.3 Å².